The van der Waals surface area contributed by atoms with Crippen LogP contribution in [0.1, 0.15) is 31.7 Å². The van der Waals surface area contributed by atoms with Crippen LogP contribution in [0, 0.1) is 0 Å². The molecule has 2 aromatic carbocycles. The van der Waals surface area contributed by atoms with E-state index in [0.29, 0.717) is 5.92 Å². The average molecular weight is 249 g/mol. The van der Waals surface area contributed by atoms with Crippen molar-refractivity contribution in [3.63, 3.8) is 0 Å². The van der Waals surface area contributed by atoms with Crippen molar-refractivity contribution in [2.45, 2.75) is 26.2 Å². The first-order valence-corrected chi connectivity index (χ1v) is 6.96. The standard InChI is InChI=1S/C18H19N/c1-3-13(2)14-8-10-15(11-9-14)18-12-16-6-4-5-7-17(16)19-18/h4-13,19H,3H2,1-2H3. The number of fused-ring (bicyclic) bond motifs is 1. The van der Waals surface area contributed by atoms with E-state index < -0.39 is 0 Å². The highest BCUT2D eigenvalue weighted by Gasteiger charge is 2.05. The van der Waals surface area contributed by atoms with Crippen LogP contribution in [-0.2, 0) is 0 Å². The maximum Gasteiger partial charge on any atom is 0.0464 e. The number of rotatable bonds is 3. The van der Waals surface area contributed by atoms with E-state index in [-0.39, 0.29) is 0 Å². The van der Waals surface area contributed by atoms with Crippen molar-refractivity contribution in [1.82, 2.24) is 4.98 Å². The fraction of sp³-hybridized carbons (Fsp3) is 0.222. The number of aromatic amines is 1. The molecule has 19 heavy (non-hydrogen) atoms. The lowest BCUT2D eigenvalue weighted by Crippen LogP contribution is -1.90. The van der Waals surface area contributed by atoms with Crippen LogP contribution >= 0.6 is 0 Å². The van der Waals surface area contributed by atoms with Crippen molar-refractivity contribution < 1.29 is 0 Å². The molecule has 3 rings (SSSR count). The third-order valence-electron chi connectivity index (χ3n) is 3.93. The molecule has 1 aromatic heterocycles. The van der Waals surface area contributed by atoms with E-state index in [1.807, 2.05) is 0 Å². The SMILES string of the molecule is CCC(C)c1ccc(-c2cc3ccccc3[nH]2)cc1. The fourth-order valence-corrected chi connectivity index (χ4v) is 2.46. The lowest BCUT2D eigenvalue weighted by Gasteiger charge is -2.09. The molecule has 1 nitrogen and oxygen atoms in total. The smallest absolute Gasteiger partial charge is 0.0464 e. The molecule has 1 unspecified atom stereocenters. The Morgan fingerprint density at radius 1 is 1.00 bits per heavy atom. The van der Waals surface area contributed by atoms with Crippen LogP contribution in [0.4, 0.5) is 0 Å². The highest BCUT2D eigenvalue weighted by molar-refractivity contribution is 5.85. The van der Waals surface area contributed by atoms with Crippen LogP contribution in [0.2, 0.25) is 0 Å². The zero-order valence-electron chi connectivity index (χ0n) is 11.5. The van der Waals surface area contributed by atoms with Gasteiger partial charge >= 0.3 is 0 Å². The Kier molecular flexibility index (Phi) is 3.12. The van der Waals surface area contributed by atoms with E-state index in [0.717, 1.165) is 0 Å². The predicted molar refractivity (Wildman–Crippen MR) is 82.4 cm³/mol. The molecule has 1 N–H and O–H groups in total. The zero-order valence-corrected chi connectivity index (χ0v) is 11.5. The molecule has 0 aliphatic carbocycles. The lowest BCUT2D eigenvalue weighted by molar-refractivity contribution is 0.734. The van der Waals surface area contributed by atoms with E-state index in [1.54, 1.807) is 0 Å². The first-order valence-electron chi connectivity index (χ1n) is 6.96. The van der Waals surface area contributed by atoms with Gasteiger partial charge in [-0.3, -0.25) is 0 Å². The molecule has 0 radical (unpaired) electrons. The lowest BCUT2D eigenvalue weighted by atomic mass is 9.97. The number of hydrogen-bond acceptors (Lipinski definition) is 0. The zero-order chi connectivity index (χ0) is 13.2. The van der Waals surface area contributed by atoms with Gasteiger partial charge in [0.25, 0.3) is 0 Å². The average Bonchev–Trinajstić information content (AvgIpc) is 2.90. The van der Waals surface area contributed by atoms with Gasteiger partial charge in [-0.2, -0.15) is 0 Å². The minimum absolute atomic E-state index is 0.636. The second-order valence-electron chi connectivity index (χ2n) is 5.20. The first kappa shape index (κ1) is 12.0. The molecule has 0 fully saturated rings. The van der Waals surface area contributed by atoms with Crippen LogP contribution < -0.4 is 0 Å². The van der Waals surface area contributed by atoms with Gasteiger partial charge in [-0.25, -0.2) is 0 Å². The molecule has 0 bridgehead atoms. The topological polar surface area (TPSA) is 15.8 Å². The summed E-state index contributed by atoms with van der Waals surface area (Å²) in [4.78, 5) is 3.47. The molecule has 1 heterocycles. The number of hydrogen-bond donors (Lipinski definition) is 1. The maximum atomic E-state index is 3.47. The van der Waals surface area contributed by atoms with Gasteiger partial charge in [0.1, 0.15) is 0 Å². The quantitative estimate of drug-likeness (QED) is 0.644. The number of aromatic nitrogens is 1. The molecule has 96 valence electrons. The summed E-state index contributed by atoms with van der Waals surface area (Å²) in [5.74, 6) is 0.636. The molecule has 1 heteroatoms. The van der Waals surface area contributed by atoms with Gasteiger partial charge in [0.2, 0.25) is 0 Å². The summed E-state index contributed by atoms with van der Waals surface area (Å²) < 4.78 is 0. The van der Waals surface area contributed by atoms with Gasteiger partial charge in [0.05, 0.1) is 0 Å². The van der Waals surface area contributed by atoms with Crippen molar-refractivity contribution >= 4 is 10.9 Å². The molecule has 0 aliphatic heterocycles. The summed E-state index contributed by atoms with van der Waals surface area (Å²) in [6, 6.07) is 19.5. The van der Waals surface area contributed by atoms with Crippen molar-refractivity contribution in [2.24, 2.45) is 0 Å². The van der Waals surface area contributed by atoms with E-state index in [2.05, 4.69) is 73.4 Å². The fourth-order valence-electron chi connectivity index (χ4n) is 2.46. The van der Waals surface area contributed by atoms with Gasteiger partial charge in [0.15, 0.2) is 0 Å². The van der Waals surface area contributed by atoms with Crippen molar-refractivity contribution in [3.8, 4) is 11.3 Å². The van der Waals surface area contributed by atoms with E-state index >= 15 is 0 Å². The van der Waals surface area contributed by atoms with Crippen LogP contribution in [0.5, 0.6) is 0 Å². The van der Waals surface area contributed by atoms with E-state index in [4.69, 9.17) is 0 Å². The molecule has 0 aliphatic rings. The van der Waals surface area contributed by atoms with E-state index in [9.17, 15) is 0 Å². The number of nitrogens with one attached hydrogen (secondary N) is 1. The summed E-state index contributed by atoms with van der Waals surface area (Å²) in [5, 5.41) is 1.27. The monoisotopic (exact) mass is 249 g/mol. The van der Waals surface area contributed by atoms with Gasteiger partial charge in [-0.15, -0.1) is 0 Å². The Morgan fingerprint density at radius 2 is 1.74 bits per heavy atom. The Labute approximate surface area is 114 Å². The Balaban J connectivity index is 1.97. The van der Waals surface area contributed by atoms with Crippen LogP contribution in [-0.4, -0.2) is 4.98 Å². The van der Waals surface area contributed by atoms with Crippen molar-refractivity contribution in [2.75, 3.05) is 0 Å². The third-order valence-corrected chi connectivity index (χ3v) is 3.93. The Bertz CT molecular complexity index is 643. The minimum atomic E-state index is 0.636. The van der Waals surface area contributed by atoms with Gasteiger partial charge in [-0.1, -0.05) is 56.3 Å². The molecular formula is C18H19N. The first-order chi connectivity index (χ1) is 9.28. The highest BCUT2D eigenvalue weighted by atomic mass is 14.7. The Hall–Kier alpha value is -2.02. The normalized spacial score (nSPS) is 12.7. The number of para-hydroxylation sites is 1. The molecular weight excluding hydrogens is 230 g/mol. The van der Waals surface area contributed by atoms with Gasteiger partial charge in [0, 0.05) is 16.6 Å². The van der Waals surface area contributed by atoms with Crippen molar-refractivity contribution in [3.05, 3.63) is 60.2 Å². The number of benzene rings is 2. The molecule has 0 amide bonds. The summed E-state index contributed by atoms with van der Waals surface area (Å²) >= 11 is 0. The largest absolute Gasteiger partial charge is 0.355 e. The van der Waals surface area contributed by atoms with E-state index in [1.165, 1.54) is 34.1 Å². The summed E-state index contributed by atoms with van der Waals surface area (Å²) in [7, 11) is 0. The molecule has 0 saturated carbocycles. The summed E-state index contributed by atoms with van der Waals surface area (Å²) in [6.45, 7) is 4.51. The van der Waals surface area contributed by atoms with Gasteiger partial charge in [-0.05, 0) is 35.6 Å². The highest BCUT2D eigenvalue weighted by Crippen LogP contribution is 2.26. The minimum Gasteiger partial charge on any atom is -0.355 e. The van der Waals surface area contributed by atoms with Gasteiger partial charge < -0.3 is 4.98 Å². The second kappa shape index (κ2) is 4.93. The molecule has 0 spiro atoms. The summed E-state index contributed by atoms with van der Waals surface area (Å²) in [5.41, 5.74) is 5.06. The molecule has 1 atom stereocenters. The summed E-state index contributed by atoms with van der Waals surface area (Å²) in [6.07, 6.45) is 1.19. The molecule has 0 saturated heterocycles. The van der Waals surface area contributed by atoms with Crippen LogP contribution in [0.15, 0.2) is 54.6 Å². The second-order valence-corrected chi connectivity index (χ2v) is 5.20. The van der Waals surface area contributed by atoms with Crippen LogP contribution in [0.3, 0.4) is 0 Å². The maximum absolute atomic E-state index is 3.47. The Morgan fingerprint density at radius 3 is 2.42 bits per heavy atom. The molecule has 3 aromatic rings. The number of H-pyrrole nitrogens is 1. The van der Waals surface area contributed by atoms with Crippen molar-refractivity contribution in [1.29, 1.82) is 0 Å². The third kappa shape index (κ3) is 2.28. The predicted octanol–water partition coefficient (Wildman–Crippen LogP) is 5.35. The van der Waals surface area contributed by atoms with Crippen LogP contribution in [0.25, 0.3) is 22.2 Å².